The second-order valence-electron chi connectivity index (χ2n) is 3.86. The standard InChI is InChI=1S/C14H13BrO2/c15-12-9-10-17-14(12)13(16)8-4-7-11-5-2-1-3-6-11/h1-3,5-6,9-10H,4,7-8H2. The minimum Gasteiger partial charge on any atom is -0.460 e. The van der Waals surface area contributed by atoms with E-state index in [0.29, 0.717) is 12.2 Å². The van der Waals surface area contributed by atoms with Gasteiger partial charge in [-0.1, -0.05) is 30.3 Å². The monoisotopic (exact) mass is 292 g/mol. The molecule has 0 bridgehead atoms. The SMILES string of the molecule is O=C(CCCc1ccccc1)c1occc1Br. The first kappa shape index (κ1) is 12.1. The van der Waals surface area contributed by atoms with Gasteiger partial charge < -0.3 is 4.42 Å². The Morgan fingerprint density at radius 3 is 2.59 bits per heavy atom. The van der Waals surface area contributed by atoms with Crippen LogP contribution in [0.3, 0.4) is 0 Å². The molecule has 1 aromatic carbocycles. The Kier molecular flexibility index (Phi) is 4.15. The van der Waals surface area contributed by atoms with Crippen molar-refractivity contribution < 1.29 is 9.21 Å². The number of halogens is 1. The van der Waals surface area contributed by atoms with E-state index in [1.54, 1.807) is 6.07 Å². The summed E-state index contributed by atoms with van der Waals surface area (Å²) >= 11 is 3.29. The molecule has 1 aromatic heterocycles. The van der Waals surface area contributed by atoms with Crippen LogP contribution in [0.5, 0.6) is 0 Å². The second kappa shape index (κ2) is 5.82. The minimum absolute atomic E-state index is 0.0535. The lowest BCUT2D eigenvalue weighted by Crippen LogP contribution is -1.99. The molecule has 0 atom stereocenters. The first-order chi connectivity index (χ1) is 8.27. The summed E-state index contributed by atoms with van der Waals surface area (Å²) in [6.07, 6.45) is 3.80. The highest BCUT2D eigenvalue weighted by molar-refractivity contribution is 9.10. The summed E-state index contributed by atoms with van der Waals surface area (Å²) in [6.45, 7) is 0. The average Bonchev–Trinajstić information content (AvgIpc) is 2.77. The van der Waals surface area contributed by atoms with E-state index in [0.717, 1.165) is 17.3 Å². The Balaban J connectivity index is 1.84. The zero-order valence-corrected chi connectivity index (χ0v) is 10.9. The van der Waals surface area contributed by atoms with Gasteiger partial charge in [-0.05, 0) is 40.4 Å². The van der Waals surface area contributed by atoms with Gasteiger partial charge >= 0.3 is 0 Å². The Morgan fingerprint density at radius 2 is 1.94 bits per heavy atom. The van der Waals surface area contributed by atoms with Gasteiger partial charge in [0.05, 0.1) is 10.7 Å². The summed E-state index contributed by atoms with van der Waals surface area (Å²) in [7, 11) is 0. The molecule has 0 N–H and O–H groups in total. The molecule has 0 aliphatic rings. The lowest BCUT2D eigenvalue weighted by atomic mass is 10.1. The molecule has 0 fully saturated rings. The summed E-state index contributed by atoms with van der Waals surface area (Å²) in [5, 5.41) is 0. The van der Waals surface area contributed by atoms with E-state index in [4.69, 9.17) is 4.42 Å². The topological polar surface area (TPSA) is 30.2 Å². The van der Waals surface area contributed by atoms with Gasteiger partial charge in [0.15, 0.2) is 11.5 Å². The Labute approximate surface area is 109 Å². The summed E-state index contributed by atoms with van der Waals surface area (Å²) < 4.78 is 5.87. The molecular weight excluding hydrogens is 280 g/mol. The molecule has 0 unspecified atom stereocenters. The van der Waals surface area contributed by atoms with Gasteiger partial charge in [0.1, 0.15) is 0 Å². The number of hydrogen-bond donors (Lipinski definition) is 0. The number of rotatable bonds is 5. The maximum absolute atomic E-state index is 11.8. The van der Waals surface area contributed by atoms with Gasteiger partial charge in [-0.3, -0.25) is 4.79 Å². The van der Waals surface area contributed by atoms with Gasteiger partial charge in [-0.2, -0.15) is 0 Å². The average molecular weight is 293 g/mol. The third-order valence-electron chi connectivity index (χ3n) is 2.58. The molecule has 88 valence electrons. The Hall–Kier alpha value is -1.35. The number of benzene rings is 1. The number of carbonyl (C=O) groups is 1. The van der Waals surface area contributed by atoms with Crippen LogP contribution in [-0.2, 0) is 6.42 Å². The van der Waals surface area contributed by atoms with Crippen molar-refractivity contribution >= 4 is 21.7 Å². The highest BCUT2D eigenvalue weighted by atomic mass is 79.9. The second-order valence-corrected chi connectivity index (χ2v) is 4.71. The van der Waals surface area contributed by atoms with Gasteiger partial charge in [0.2, 0.25) is 0 Å². The van der Waals surface area contributed by atoms with Crippen molar-refractivity contribution in [2.45, 2.75) is 19.3 Å². The third kappa shape index (κ3) is 3.30. The molecule has 0 saturated heterocycles. The van der Waals surface area contributed by atoms with E-state index in [9.17, 15) is 4.79 Å². The van der Waals surface area contributed by atoms with Crippen LogP contribution >= 0.6 is 15.9 Å². The third-order valence-corrected chi connectivity index (χ3v) is 3.21. The molecule has 0 amide bonds. The zero-order valence-electron chi connectivity index (χ0n) is 9.36. The molecule has 0 saturated carbocycles. The molecule has 0 radical (unpaired) electrons. The Morgan fingerprint density at radius 1 is 1.18 bits per heavy atom. The van der Waals surface area contributed by atoms with Crippen molar-refractivity contribution in [1.82, 2.24) is 0 Å². The van der Waals surface area contributed by atoms with Crippen LogP contribution in [0, 0.1) is 0 Å². The van der Waals surface area contributed by atoms with E-state index < -0.39 is 0 Å². The highest BCUT2D eigenvalue weighted by Gasteiger charge is 2.12. The summed E-state index contributed by atoms with van der Waals surface area (Å²) in [5.41, 5.74) is 1.26. The maximum Gasteiger partial charge on any atom is 0.199 e. The van der Waals surface area contributed by atoms with E-state index in [1.807, 2.05) is 18.2 Å². The van der Waals surface area contributed by atoms with Crippen LogP contribution in [0.2, 0.25) is 0 Å². The fraction of sp³-hybridized carbons (Fsp3) is 0.214. The fourth-order valence-electron chi connectivity index (χ4n) is 1.70. The quantitative estimate of drug-likeness (QED) is 0.771. The van der Waals surface area contributed by atoms with E-state index >= 15 is 0 Å². The molecule has 1 heterocycles. The van der Waals surface area contributed by atoms with Crippen LogP contribution in [0.4, 0.5) is 0 Å². The minimum atomic E-state index is 0.0535. The number of ketones is 1. The number of Topliss-reactive ketones (excluding diaryl/α,β-unsaturated/α-hetero) is 1. The van der Waals surface area contributed by atoms with E-state index in [1.165, 1.54) is 11.8 Å². The van der Waals surface area contributed by atoms with Crippen molar-refractivity contribution in [1.29, 1.82) is 0 Å². The van der Waals surface area contributed by atoms with Crippen LogP contribution < -0.4 is 0 Å². The molecule has 3 heteroatoms. The first-order valence-electron chi connectivity index (χ1n) is 5.57. The molecule has 2 aromatic rings. The molecular formula is C14H13BrO2. The van der Waals surface area contributed by atoms with Crippen molar-refractivity contribution in [3.63, 3.8) is 0 Å². The summed E-state index contributed by atoms with van der Waals surface area (Å²) in [5.74, 6) is 0.482. The van der Waals surface area contributed by atoms with Gasteiger partial charge in [0.25, 0.3) is 0 Å². The number of furan rings is 1. The van der Waals surface area contributed by atoms with E-state index in [-0.39, 0.29) is 5.78 Å². The van der Waals surface area contributed by atoms with Crippen molar-refractivity contribution in [2.24, 2.45) is 0 Å². The molecule has 0 aliphatic carbocycles. The maximum atomic E-state index is 11.8. The predicted octanol–water partition coefficient (Wildman–Crippen LogP) is 4.25. The summed E-state index contributed by atoms with van der Waals surface area (Å²) in [4.78, 5) is 11.8. The number of carbonyl (C=O) groups excluding carboxylic acids is 1. The Bertz CT molecular complexity index is 488. The van der Waals surface area contributed by atoms with Crippen LogP contribution in [0.25, 0.3) is 0 Å². The molecule has 0 spiro atoms. The van der Waals surface area contributed by atoms with Gasteiger partial charge in [-0.15, -0.1) is 0 Å². The molecule has 0 aliphatic heterocycles. The van der Waals surface area contributed by atoms with Crippen LogP contribution in [0.15, 0.2) is 51.6 Å². The molecule has 2 nitrogen and oxygen atoms in total. The van der Waals surface area contributed by atoms with Crippen LogP contribution in [0.1, 0.15) is 29.0 Å². The van der Waals surface area contributed by atoms with Gasteiger partial charge in [0, 0.05) is 6.42 Å². The number of hydrogen-bond acceptors (Lipinski definition) is 2. The van der Waals surface area contributed by atoms with Crippen LogP contribution in [-0.4, -0.2) is 5.78 Å². The zero-order chi connectivity index (χ0) is 12.1. The summed E-state index contributed by atoms with van der Waals surface area (Å²) in [6, 6.07) is 11.9. The lowest BCUT2D eigenvalue weighted by molar-refractivity contribution is 0.0952. The largest absolute Gasteiger partial charge is 0.460 e. The number of aryl methyl sites for hydroxylation is 1. The highest BCUT2D eigenvalue weighted by Crippen LogP contribution is 2.20. The normalized spacial score (nSPS) is 10.4. The first-order valence-corrected chi connectivity index (χ1v) is 6.37. The predicted molar refractivity (Wildman–Crippen MR) is 70.1 cm³/mol. The van der Waals surface area contributed by atoms with E-state index in [2.05, 4.69) is 28.1 Å². The van der Waals surface area contributed by atoms with Crippen molar-refractivity contribution in [3.8, 4) is 0 Å². The smallest absolute Gasteiger partial charge is 0.199 e. The lowest BCUT2D eigenvalue weighted by Gasteiger charge is -2.00. The molecule has 2 rings (SSSR count). The van der Waals surface area contributed by atoms with Gasteiger partial charge in [-0.25, -0.2) is 0 Å². The van der Waals surface area contributed by atoms with Crippen molar-refractivity contribution in [3.05, 3.63) is 58.5 Å². The van der Waals surface area contributed by atoms with Crippen molar-refractivity contribution in [2.75, 3.05) is 0 Å². The molecule has 17 heavy (non-hydrogen) atoms. The fourth-order valence-corrected chi connectivity index (χ4v) is 2.13.